The van der Waals surface area contributed by atoms with Gasteiger partial charge in [-0.15, -0.1) is 0 Å². The summed E-state index contributed by atoms with van der Waals surface area (Å²) < 4.78 is 0. The van der Waals surface area contributed by atoms with Crippen LogP contribution >= 0.6 is 0 Å². The molecule has 1 aliphatic carbocycles. The molecule has 2 nitrogen and oxygen atoms in total. The Morgan fingerprint density at radius 3 is 3.07 bits per heavy atom. The number of pyridine rings is 1. The zero-order valence-corrected chi connectivity index (χ0v) is 8.96. The summed E-state index contributed by atoms with van der Waals surface area (Å²) in [6.45, 7) is 5.37. The molecule has 0 aromatic carbocycles. The molecule has 0 aliphatic heterocycles. The Morgan fingerprint density at radius 2 is 2.36 bits per heavy atom. The van der Waals surface area contributed by atoms with Crippen LogP contribution in [0.25, 0.3) is 0 Å². The van der Waals surface area contributed by atoms with E-state index in [0.717, 1.165) is 13.0 Å². The van der Waals surface area contributed by atoms with Crippen LogP contribution in [0.3, 0.4) is 0 Å². The molecule has 1 heterocycles. The molecule has 1 atom stereocenters. The van der Waals surface area contributed by atoms with Gasteiger partial charge < -0.3 is 5.73 Å². The third-order valence-electron chi connectivity index (χ3n) is 3.53. The number of aromatic nitrogens is 1. The maximum absolute atomic E-state index is 5.87. The lowest BCUT2D eigenvalue weighted by atomic mass is 9.66. The summed E-state index contributed by atoms with van der Waals surface area (Å²) in [6, 6.07) is 2.13. The summed E-state index contributed by atoms with van der Waals surface area (Å²) in [7, 11) is 0. The average molecular weight is 190 g/mol. The number of rotatable bonds is 1. The average Bonchev–Trinajstić information content (AvgIpc) is 2.17. The molecule has 0 saturated heterocycles. The number of hydrogen-bond acceptors (Lipinski definition) is 2. The number of fused-ring (bicyclic) bond motifs is 1. The quantitative estimate of drug-likeness (QED) is 0.736. The van der Waals surface area contributed by atoms with Gasteiger partial charge in [-0.2, -0.15) is 0 Å². The summed E-state index contributed by atoms with van der Waals surface area (Å²) in [5.41, 5.74) is 9.02. The van der Waals surface area contributed by atoms with Crippen LogP contribution < -0.4 is 5.73 Å². The van der Waals surface area contributed by atoms with Crippen molar-refractivity contribution in [3.63, 3.8) is 0 Å². The molecule has 76 valence electrons. The Balaban J connectivity index is 2.45. The van der Waals surface area contributed by atoms with Crippen LogP contribution in [0.2, 0.25) is 0 Å². The monoisotopic (exact) mass is 190 g/mol. The van der Waals surface area contributed by atoms with Crippen LogP contribution in [0.5, 0.6) is 0 Å². The molecule has 0 bridgehead atoms. The van der Waals surface area contributed by atoms with Crippen molar-refractivity contribution in [2.45, 2.75) is 32.6 Å². The summed E-state index contributed by atoms with van der Waals surface area (Å²) in [5.74, 6) is 0.495. The highest BCUT2D eigenvalue weighted by atomic mass is 14.6. The van der Waals surface area contributed by atoms with Crippen molar-refractivity contribution in [2.24, 2.45) is 11.1 Å². The molecular formula is C12H18N2. The Bertz CT molecular complexity index is 331. The highest BCUT2D eigenvalue weighted by Crippen LogP contribution is 2.43. The standard InChI is InChI=1S/C12H18N2/c1-12(2)5-3-9-8-14-6-4-10(9)11(12)7-13/h4,6,8,11H,3,5,7,13H2,1-2H3. The van der Waals surface area contributed by atoms with Crippen LogP contribution in [0, 0.1) is 5.41 Å². The lowest BCUT2D eigenvalue weighted by Crippen LogP contribution is -2.33. The summed E-state index contributed by atoms with van der Waals surface area (Å²) >= 11 is 0. The third kappa shape index (κ3) is 1.44. The molecule has 1 aromatic rings. The van der Waals surface area contributed by atoms with E-state index >= 15 is 0 Å². The van der Waals surface area contributed by atoms with E-state index in [1.807, 2.05) is 12.4 Å². The lowest BCUT2D eigenvalue weighted by Gasteiger charge is -2.39. The highest BCUT2D eigenvalue weighted by molar-refractivity contribution is 5.32. The van der Waals surface area contributed by atoms with Gasteiger partial charge in [0.15, 0.2) is 0 Å². The van der Waals surface area contributed by atoms with Crippen molar-refractivity contribution in [3.8, 4) is 0 Å². The van der Waals surface area contributed by atoms with Crippen LogP contribution in [0.4, 0.5) is 0 Å². The second-order valence-electron chi connectivity index (χ2n) is 4.85. The first-order valence-corrected chi connectivity index (χ1v) is 5.28. The Morgan fingerprint density at radius 1 is 1.57 bits per heavy atom. The topological polar surface area (TPSA) is 38.9 Å². The molecule has 0 amide bonds. The van der Waals surface area contributed by atoms with Gasteiger partial charge in [0.25, 0.3) is 0 Å². The molecule has 2 rings (SSSR count). The zero-order chi connectivity index (χ0) is 10.2. The number of hydrogen-bond donors (Lipinski definition) is 1. The highest BCUT2D eigenvalue weighted by Gasteiger charge is 2.34. The van der Waals surface area contributed by atoms with Crippen molar-refractivity contribution in [2.75, 3.05) is 6.54 Å². The molecule has 1 aromatic heterocycles. The molecule has 0 fully saturated rings. The first-order valence-electron chi connectivity index (χ1n) is 5.28. The first kappa shape index (κ1) is 9.66. The molecule has 14 heavy (non-hydrogen) atoms. The smallest absolute Gasteiger partial charge is 0.0302 e. The van der Waals surface area contributed by atoms with E-state index in [-0.39, 0.29) is 0 Å². The van der Waals surface area contributed by atoms with Gasteiger partial charge in [0.05, 0.1) is 0 Å². The molecule has 0 radical (unpaired) electrons. The van der Waals surface area contributed by atoms with E-state index < -0.39 is 0 Å². The zero-order valence-electron chi connectivity index (χ0n) is 8.96. The molecule has 0 spiro atoms. The predicted octanol–water partition coefficient (Wildman–Crippen LogP) is 2.10. The van der Waals surface area contributed by atoms with Crippen LogP contribution in [-0.4, -0.2) is 11.5 Å². The number of nitrogens with zero attached hydrogens (tertiary/aromatic N) is 1. The van der Waals surface area contributed by atoms with Crippen molar-refractivity contribution >= 4 is 0 Å². The lowest BCUT2D eigenvalue weighted by molar-refractivity contribution is 0.248. The van der Waals surface area contributed by atoms with E-state index in [2.05, 4.69) is 24.9 Å². The van der Waals surface area contributed by atoms with Gasteiger partial charge in [-0.3, -0.25) is 4.98 Å². The van der Waals surface area contributed by atoms with E-state index in [4.69, 9.17) is 5.73 Å². The molecule has 1 aliphatic rings. The SMILES string of the molecule is CC1(C)CCc2cnccc2C1CN. The van der Waals surface area contributed by atoms with Gasteiger partial charge in [-0.25, -0.2) is 0 Å². The maximum Gasteiger partial charge on any atom is 0.0302 e. The van der Waals surface area contributed by atoms with Crippen molar-refractivity contribution in [1.29, 1.82) is 0 Å². The second kappa shape index (κ2) is 3.35. The van der Waals surface area contributed by atoms with Crippen LogP contribution in [0.15, 0.2) is 18.5 Å². The molecule has 2 N–H and O–H groups in total. The summed E-state index contributed by atoms with van der Waals surface area (Å²) in [4.78, 5) is 4.17. The van der Waals surface area contributed by atoms with Gasteiger partial charge in [0.1, 0.15) is 0 Å². The molecular weight excluding hydrogens is 172 g/mol. The summed E-state index contributed by atoms with van der Waals surface area (Å²) in [6.07, 6.45) is 6.23. The molecule has 2 heteroatoms. The number of nitrogens with two attached hydrogens (primary N) is 1. The minimum atomic E-state index is 0.336. The number of aryl methyl sites for hydroxylation is 1. The molecule has 1 unspecified atom stereocenters. The second-order valence-corrected chi connectivity index (χ2v) is 4.85. The van der Waals surface area contributed by atoms with Crippen molar-refractivity contribution in [3.05, 3.63) is 29.6 Å². The summed E-state index contributed by atoms with van der Waals surface area (Å²) in [5, 5.41) is 0. The van der Waals surface area contributed by atoms with Crippen molar-refractivity contribution in [1.82, 2.24) is 4.98 Å². The largest absolute Gasteiger partial charge is 0.330 e. The molecule has 0 saturated carbocycles. The van der Waals surface area contributed by atoms with Gasteiger partial charge in [-0.1, -0.05) is 13.8 Å². The van der Waals surface area contributed by atoms with Crippen LogP contribution in [0.1, 0.15) is 37.3 Å². The van der Waals surface area contributed by atoms with Gasteiger partial charge in [0.2, 0.25) is 0 Å². The normalized spacial score (nSPS) is 24.4. The Kier molecular flexibility index (Phi) is 2.31. The predicted molar refractivity (Wildman–Crippen MR) is 58.1 cm³/mol. The van der Waals surface area contributed by atoms with E-state index in [0.29, 0.717) is 11.3 Å². The Hall–Kier alpha value is -0.890. The van der Waals surface area contributed by atoms with Gasteiger partial charge >= 0.3 is 0 Å². The third-order valence-corrected chi connectivity index (χ3v) is 3.53. The maximum atomic E-state index is 5.87. The Labute approximate surface area is 85.5 Å². The van der Waals surface area contributed by atoms with E-state index in [1.54, 1.807) is 0 Å². The minimum absolute atomic E-state index is 0.336. The van der Waals surface area contributed by atoms with Gasteiger partial charge in [-0.05, 0) is 42.0 Å². The van der Waals surface area contributed by atoms with Gasteiger partial charge in [0, 0.05) is 18.3 Å². The fraction of sp³-hybridized carbons (Fsp3) is 0.583. The minimum Gasteiger partial charge on any atom is -0.330 e. The first-order chi connectivity index (χ1) is 6.65. The van der Waals surface area contributed by atoms with E-state index in [1.165, 1.54) is 17.5 Å². The fourth-order valence-corrected chi connectivity index (χ4v) is 2.48. The van der Waals surface area contributed by atoms with E-state index in [9.17, 15) is 0 Å². The fourth-order valence-electron chi connectivity index (χ4n) is 2.48. The van der Waals surface area contributed by atoms with Crippen molar-refractivity contribution < 1.29 is 0 Å². The van der Waals surface area contributed by atoms with Crippen LogP contribution in [-0.2, 0) is 6.42 Å².